The van der Waals surface area contributed by atoms with E-state index in [4.69, 9.17) is 6.42 Å². The Balaban J connectivity index is 2.17. The van der Waals surface area contributed by atoms with Crippen LogP contribution < -0.4 is 0 Å². The SMILES string of the molecule is C#C[CH](Br)[SnH]([CH]=C)[CH2]CC(c1ccccc1)(c1ccccc1)c1ccccc1. The number of benzene rings is 3. The van der Waals surface area contributed by atoms with E-state index in [-0.39, 0.29) is 8.26 Å². The van der Waals surface area contributed by atoms with Gasteiger partial charge in [-0.1, -0.05) is 0 Å². The van der Waals surface area contributed by atoms with E-state index in [9.17, 15) is 0 Å². The first kappa shape index (κ1) is 21.0. The van der Waals surface area contributed by atoms with E-state index in [1.54, 1.807) is 0 Å². The number of alkyl halides is 1. The fourth-order valence-corrected chi connectivity index (χ4v) is 12.3. The molecule has 3 rings (SSSR count). The van der Waals surface area contributed by atoms with Crippen LogP contribution in [-0.2, 0) is 5.41 Å². The van der Waals surface area contributed by atoms with Crippen LogP contribution in [0.2, 0.25) is 4.44 Å². The number of hydrogen-bond donors (Lipinski definition) is 0. The zero-order valence-corrected chi connectivity index (χ0v) is 20.9. The Hall–Kier alpha value is -1.76. The van der Waals surface area contributed by atoms with Crippen molar-refractivity contribution >= 4 is 35.7 Å². The van der Waals surface area contributed by atoms with E-state index in [1.807, 2.05) is 0 Å². The molecule has 0 saturated heterocycles. The third-order valence-corrected chi connectivity index (χ3v) is 17.5. The first-order chi connectivity index (χ1) is 13.7. The molecule has 3 aromatic carbocycles. The third-order valence-electron chi connectivity index (χ3n) is 5.49. The predicted molar refractivity (Wildman–Crippen MR) is 128 cm³/mol. The van der Waals surface area contributed by atoms with Gasteiger partial charge in [-0.25, -0.2) is 0 Å². The van der Waals surface area contributed by atoms with Crippen LogP contribution in [-0.4, -0.2) is 22.6 Å². The summed E-state index contributed by atoms with van der Waals surface area (Å²) in [7, 11) is 0. The topological polar surface area (TPSA) is 0 Å². The van der Waals surface area contributed by atoms with Gasteiger partial charge in [0.1, 0.15) is 0 Å². The molecule has 0 aliphatic heterocycles. The van der Waals surface area contributed by atoms with Crippen molar-refractivity contribution in [3.8, 4) is 12.3 Å². The van der Waals surface area contributed by atoms with Crippen LogP contribution in [0.1, 0.15) is 23.1 Å². The summed E-state index contributed by atoms with van der Waals surface area (Å²) in [6.07, 6.45) is 6.76. The molecule has 0 heterocycles. The molecule has 2 unspecified atom stereocenters. The van der Waals surface area contributed by atoms with E-state index in [0.717, 1.165) is 10.9 Å². The Kier molecular flexibility index (Phi) is 7.59. The average molecular weight is 536 g/mol. The molecule has 0 fully saturated rings. The molecule has 0 aliphatic rings. The van der Waals surface area contributed by atoms with Gasteiger partial charge in [0.2, 0.25) is 0 Å². The molecule has 0 radical (unpaired) electrons. The number of halogens is 1. The standard InChI is InChI=1S/C21H19.C3H2Br.C2H3.Sn.H/c1-2-21(18-12-6-3-7-13-18,19-14-8-4-9-15-19)20-16-10-5-11-17-20;1-2-3-4;1-2;;/h3-17H,1-2H2;1,3H;1H,2H2;;. The van der Waals surface area contributed by atoms with Gasteiger partial charge in [0, 0.05) is 0 Å². The van der Waals surface area contributed by atoms with Crippen LogP contribution in [0.4, 0.5) is 0 Å². The van der Waals surface area contributed by atoms with Crippen LogP contribution in [0.5, 0.6) is 0 Å². The van der Waals surface area contributed by atoms with E-state index in [0.29, 0.717) is 0 Å². The molecule has 0 spiro atoms. The molecule has 0 aromatic heterocycles. The second-order valence-electron chi connectivity index (χ2n) is 7.01. The minimum atomic E-state index is -2.12. The van der Waals surface area contributed by atoms with Crippen molar-refractivity contribution in [2.45, 2.75) is 19.1 Å². The van der Waals surface area contributed by atoms with Crippen LogP contribution in [0.15, 0.2) is 102 Å². The molecule has 0 nitrogen and oxygen atoms in total. The summed E-state index contributed by atoms with van der Waals surface area (Å²) >= 11 is 1.60. The molecule has 0 N–H and O–H groups in total. The van der Waals surface area contributed by atoms with Crippen molar-refractivity contribution in [2.75, 3.05) is 0 Å². The Morgan fingerprint density at radius 2 is 1.25 bits per heavy atom. The van der Waals surface area contributed by atoms with Gasteiger partial charge in [0.05, 0.1) is 0 Å². The summed E-state index contributed by atoms with van der Waals surface area (Å²) in [5.74, 6) is 2.91. The van der Waals surface area contributed by atoms with Crippen molar-refractivity contribution in [1.29, 1.82) is 0 Å². The van der Waals surface area contributed by atoms with Crippen LogP contribution in [0.25, 0.3) is 0 Å². The monoisotopic (exact) mass is 536 g/mol. The fourth-order valence-electron chi connectivity index (χ4n) is 3.99. The second kappa shape index (κ2) is 10.1. The summed E-state index contributed by atoms with van der Waals surface area (Å²) in [6.45, 7) is 4.12. The van der Waals surface area contributed by atoms with E-state index in [2.05, 4.69) is 124 Å². The molecule has 0 amide bonds. The molecule has 2 atom stereocenters. The van der Waals surface area contributed by atoms with E-state index >= 15 is 0 Å². The molecular formula is C26H25BrSn. The zero-order chi connectivity index (χ0) is 19.8. The average Bonchev–Trinajstić information content (AvgIpc) is 2.78. The molecule has 140 valence electrons. The van der Waals surface area contributed by atoms with E-state index in [1.165, 1.54) is 16.7 Å². The van der Waals surface area contributed by atoms with Crippen molar-refractivity contribution in [1.82, 2.24) is 0 Å². The third kappa shape index (κ3) is 4.45. The summed E-state index contributed by atoms with van der Waals surface area (Å²) in [5, 5.41) is 0. The molecule has 0 bridgehead atoms. The van der Waals surface area contributed by atoms with Crippen molar-refractivity contribution < 1.29 is 0 Å². The maximum absolute atomic E-state index is 5.73. The molecule has 0 aliphatic carbocycles. The Morgan fingerprint density at radius 1 is 0.857 bits per heavy atom. The van der Waals surface area contributed by atoms with Gasteiger partial charge in [-0.05, 0) is 0 Å². The summed E-state index contributed by atoms with van der Waals surface area (Å²) in [5.41, 5.74) is 3.79. The molecular weight excluding hydrogens is 511 g/mol. The second-order valence-corrected chi connectivity index (χ2v) is 19.5. The summed E-state index contributed by atoms with van der Waals surface area (Å²) in [6, 6.07) is 32.6. The zero-order valence-electron chi connectivity index (χ0n) is 16.0. The van der Waals surface area contributed by atoms with Crippen molar-refractivity contribution in [2.24, 2.45) is 0 Å². The Labute approximate surface area is 184 Å². The first-order valence-corrected chi connectivity index (χ1v) is 16.7. The van der Waals surface area contributed by atoms with Gasteiger partial charge < -0.3 is 0 Å². The Morgan fingerprint density at radius 3 is 1.57 bits per heavy atom. The predicted octanol–water partition coefficient (Wildman–Crippen LogP) is 6.30. The minimum absolute atomic E-state index is 0.191. The van der Waals surface area contributed by atoms with Gasteiger partial charge in [0.25, 0.3) is 0 Å². The van der Waals surface area contributed by atoms with E-state index < -0.39 is 19.8 Å². The van der Waals surface area contributed by atoms with Gasteiger partial charge in [-0.2, -0.15) is 0 Å². The van der Waals surface area contributed by atoms with Crippen LogP contribution in [0.3, 0.4) is 0 Å². The fraction of sp³-hybridized carbons (Fsp3) is 0.154. The number of hydrogen-bond acceptors (Lipinski definition) is 0. The molecule has 2 heteroatoms. The van der Waals surface area contributed by atoms with Crippen LogP contribution in [0, 0.1) is 12.3 Å². The summed E-state index contributed by atoms with van der Waals surface area (Å²) in [4.78, 5) is 0. The van der Waals surface area contributed by atoms with Gasteiger partial charge >= 0.3 is 186 Å². The van der Waals surface area contributed by atoms with Crippen LogP contribution >= 0.6 is 15.9 Å². The summed E-state index contributed by atoms with van der Waals surface area (Å²) < 4.78 is 3.53. The quantitative estimate of drug-likeness (QED) is 0.137. The number of terminal acetylenes is 1. The number of rotatable bonds is 8. The maximum atomic E-state index is 5.73. The molecule has 3 aromatic rings. The van der Waals surface area contributed by atoms with Crippen molar-refractivity contribution in [3.05, 3.63) is 118 Å². The van der Waals surface area contributed by atoms with Gasteiger partial charge in [-0.3, -0.25) is 0 Å². The van der Waals surface area contributed by atoms with Gasteiger partial charge in [0.15, 0.2) is 0 Å². The molecule has 0 saturated carbocycles. The van der Waals surface area contributed by atoms with Crippen molar-refractivity contribution in [3.63, 3.8) is 0 Å². The first-order valence-electron chi connectivity index (χ1n) is 9.61. The Bertz CT molecular complexity index is 816. The molecule has 28 heavy (non-hydrogen) atoms. The van der Waals surface area contributed by atoms with Gasteiger partial charge in [-0.15, -0.1) is 0 Å². The normalized spacial score (nSPS) is 13.3.